The van der Waals surface area contributed by atoms with Gasteiger partial charge in [0.25, 0.3) is 0 Å². The van der Waals surface area contributed by atoms with E-state index in [4.69, 9.17) is 10.5 Å². The van der Waals surface area contributed by atoms with Gasteiger partial charge in [-0.15, -0.1) is 0 Å². The fourth-order valence-electron chi connectivity index (χ4n) is 1.56. The molecular formula is C13H13FN2O. The van der Waals surface area contributed by atoms with Crippen LogP contribution < -0.4 is 10.5 Å². The van der Waals surface area contributed by atoms with Crippen molar-refractivity contribution in [2.45, 2.75) is 6.54 Å². The van der Waals surface area contributed by atoms with E-state index in [1.54, 1.807) is 37.6 Å². The van der Waals surface area contributed by atoms with Gasteiger partial charge in [0.05, 0.1) is 19.0 Å². The average molecular weight is 232 g/mol. The molecule has 0 aliphatic rings. The molecule has 0 atom stereocenters. The first-order valence-corrected chi connectivity index (χ1v) is 5.23. The number of halogens is 1. The Hall–Kier alpha value is -1.94. The van der Waals surface area contributed by atoms with E-state index < -0.39 is 0 Å². The third-order valence-corrected chi connectivity index (χ3v) is 2.51. The normalized spacial score (nSPS) is 10.3. The first-order valence-electron chi connectivity index (χ1n) is 5.23. The molecule has 0 amide bonds. The third kappa shape index (κ3) is 2.42. The maximum Gasteiger partial charge on any atom is 0.137 e. The molecule has 0 bridgehead atoms. The summed E-state index contributed by atoms with van der Waals surface area (Å²) in [6.07, 6.45) is 1.56. The number of nitrogens with zero attached hydrogens (tertiary/aromatic N) is 1. The summed E-state index contributed by atoms with van der Waals surface area (Å²) in [4.78, 5) is 4.15. The van der Waals surface area contributed by atoms with Gasteiger partial charge in [0.2, 0.25) is 0 Å². The van der Waals surface area contributed by atoms with Gasteiger partial charge < -0.3 is 10.5 Å². The van der Waals surface area contributed by atoms with Gasteiger partial charge in [-0.1, -0.05) is 6.07 Å². The molecule has 1 heterocycles. The van der Waals surface area contributed by atoms with Gasteiger partial charge in [0.15, 0.2) is 0 Å². The van der Waals surface area contributed by atoms with Crippen molar-refractivity contribution in [3.8, 4) is 17.0 Å². The van der Waals surface area contributed by atoms with Crippen molar-refractivity contribution in [3.63, 3.8) is 0 Å². The second-order valence-electron chi connectivity index (χ2n) is 3.60. The van der Waals surface area contributed by atoms with Gasteiger partial charge in [-0.05, 0) is 29.8 Å². The Morgan fingerprint density at radius 2 is 2.12 bits per heavy atom. The summed E-state index contributed by atoms with van der Waals surface area (Å²) < 4.78 is 18.7. The third-order valence-electron chi connectivity index (χ3n) is 2.51. The molecule has 0 fully saturated rings. The average Bonchev–Trinajstić information content (AvgIpc) is 2.39. The molecule has 0 saturated heterocycles. The van der Waals surface area contributed by atoms with Crippen molar-refractivity contribution in [3.05, 3.63) is 47.9 Å². The molecule has 88 valence electrons. The van der Waals surface area contributed by atoms with Gasteiger partial charge in [-0.2, -0.15) is 0 Å². The van der Waals surface area contributed by atoms with E-state index in [2.05, 4.69) is 4.98 Å². The lowest BCUT2D eigenvalue weighted by Crippen LogP contribution is -1.98. The summed E-state index contributed by atoms with van der Waals surface area (Å²) in [7, 11) is 1.56. The summed E-state index contributed by atoms with van der Waals surface area (Å²) >= 11 is 0. The standard InChI is InChI=1S/C13H13FN2O/c1-17-10-3-5-13(16-8-10)11-6-9(7-15)2-4-12(11)14/h2-6,8H,7,15H2,1H3. The molecule has 4 heteroatoms. The van der Waals surface area contributed by atoms with Crippen LogP contribution in [0.1, 0.15) is 5.56 Å². The number of ether oxygens (including phenoxy) is 1. The number of hydrogen-bond donors (Lipinski definition) is 1. The zero-order chi connectivity index (χ0) is 12.3. The quantitative estimate of drug-likeness (QED) is 0.883. The Morgan fingerprint density at radius 3 is 2.71 bits per heavy atom. The maximum atomic E-state index is 13.7. The van der Waals surface area contributed by atoms with Crippen molar-refractivity contribution >= 4 is 0 Å². The van der Waals surface area contributed by atoms with Gasteiger partial charge >= 0.3 is 0 Å². The van der Waals surface area contributed by atoms with E-state index in [0.29, 0.717) is 23.6 Å². The fourth-order valence-corrected chi connectivity index (χ4v) is 1.56. The smallest absolute Gasteiger partial charge is 0.137 e. The minimum atomic E-state index is -0.306. The molecular weight excluding hydrogens is 219 g/mol. The minimum absolute atomic E-state index is 0.306. The summed E-state index contributed by atoms with van der Waals surface area (Å²) in [6, 6.07) is 8.25. The van der Waals surface area contributed by atoms with Crippen LogP contribution in [-0.2, 0) is 6.54 Å². The molecule has 0 saturated carbocycles. The Bertz CT molecular complexity index is 511. The molecule has 2 N–H and O–H groups in total. The first kappa shape index (κ1) is 11.5. The van der Waals surface area contributed by atoms with Crippen molar-refractivity contribution in [2.75, 3.05) is 7.11 Å². The van der Waals surface area contributed by atoms with Crippen LogP contribution in [0.2, 0.25) is 0 Å². The highest BCUT2D eigenvalue weighted by Gasteiger charge is 2.07. The van der Waals surface area contributed by atoms with Crippen LogP contribution in [0.5, 0.6) is 5.75 Å². The number of aromatic nitrogens is 1. The summed E-state index contributed by atoms with van der Waals surface area (Å²) in [5.41, 5.74) is 7.43. The summed E-state index contributed by atoms with van der Waals surface area (Å²) in [5.74, 6) is 0.337. The molecule has 1 aromatic heterocycles. The van der Waals surface area contributed by atoms with E-state index in [1.165, 1.54) is 6.07 Å². The lowest BCUT2D eigenvalue weighted by molar-refractivity contribution is 0.413. The number of methoxy groups -OCH3 is 1. The highest BCUT2D eigenvalue weighted by atomic mass is 19.1. The molecule has 0 aliphatic heterocycles. The Labute approximate surface area is 99.1 Å². The van der Waals surface area contributed by atoms with E-state index in [9.17, 15) is 4.39 Å². The van der Waals surface area contributed by atoms with Crippen LogP contribution in [0, 0.1) is 5.82 Å². The van der Waals surface area contributed by atoms with E-state index in [1.807, 2.05) is 0 Å². The number of hydrogen-bond acceptors (Lipinski definition) is 3. The topological polar surface area (TPSA) is 48.1 Å². The van der Waals surface area contributed by atoms with Crippen LogP contribution in [0.3, 0.4) is 0 Å². The maximum absolute atomic E-state index is 13.7. The number of nitrogens with two attached hydrogens (primary N) is 1. The Kier molecular flexibility index (Phi) is 3.35. The Morgan fingerprint density at radius 1 is 1.29 bits per heavy atom. The molecule has 3 nitrogen and oxygen atoms in total. The second-order valence-corrected chi connectivity index (χ2v) is 3.60. The van der Waals surface area contributed by atoms with Crippen molar-refractivity contribution in [1.29, 1.82) is 0 Å². The van der Waals surface area contributed by atoms with Crippen molar-refractivity contribution < 1.29 is 9.13 Å². The Balaban J connectivity index is 2.43. The second kappa shape index (κ2) is 4.93. The van der Waals surface area contributed by atoms with Gasteiger partial charge in [0.1, 0.15) is 11.6 Å². The van der Waals surface area contributed by atoms with E-state index in [-0.39, 0.29) is 5.82 Å². The molecule has 17 heavy (non-hydrogen) atoms. The number of pyridine rings is 1. The first-order chi connectivity index (χ1) is 8.24. The van der Waals surface area contributed by atoms with Gasteiger partial charge in [-0.25, -0.2) is 4.39 Å². The summed E-state index contributed by atoms with van der Waals surface area (Å²) in [6.45, 7) is 0.378. The predicted octanol–water partition coefficient (Wildman–Crippen LogP) is 2.36. The lowest BCUT2D eigenvalue weighted by Gasteiger charge is -2.06. The molecule has 0 aliphatic carbocycles. The predicted molar refractivity (Wildman–Crippen MR) is 64.1 cm³/mol. The van der Waals surface area contributed by atoms with E-state index >= 15 is 0 Å². The molecule has 1 aromatic carbocycles. The van der Waals surface area contributed by atoms with Crippen LogP contribution in [0.15, 0.2) is 36.5 Å². The van der Waals surface area contributed by atoms with Crippen molar-refractivity contribution in [2.24, 2.45) is 5.73 Å². The minimum Gasteiger partial charge on any atom is -0.495 e. The van der Waals surface area contributed by atoms with Gasteiger partial charge in [-0.3, -0.25) is 4.98 Å². The highest BCUT2D eigenvalue weighted by Crippen LogP contribution is 2.23. The largest absolute Gasteiger partial charge is 0.495 e. The molecule has 0 unspecified atom stereocenters. The zero-order valence-corrected chi connectivity index (χ0v) is 9.48. The van der Waals surface area contributed by atoms with Crippen LogP contribution in [0.4, 0.5) is 4.39 Å². The lowest BCUT2D eigenvalue weighted by atomic mass is 10.1. The van der Waals surface area contributed by atoms with E-state index in [0.717, 1.165) is 5.56 Å². The van der Waals surface area contributed by atoms with Crippen LogP contribution >= 0.6 is 0 Å². The van der Waals surface area contributed by atoms with Crippen molar-refractivity contribution in [1.82, 2.24) is 4.98 Å². The zero-order valence-electron chi connectivity index (χ0n) is 9.48. The highest BCUT2D eigenvalue weighted by molar-refractivity contribution is 5.61. The SMILES string of the molecule is COc1ccc(-c2cc(CN)ccc2F)nc1. The molecule has 0 spiro atoms. The monoisotopic (exact) mass is 232 g/mol. The molecule has 0 radical (unpaired) electrons. The number of rotatable bonds is 3. The number of benzene rings is 1. The van der Waals surface area contributed by atoms with Crippen LogP contribution in [-0.4, -0.2) is 12.1 Å². The fraction of sp³-hybridized carbons (Fsp3) is 0.154. The van der Waals surface area contributed by atoms with Crippen LogP contribution in [0.25, 0.3) is 11.3 Å². The molecule has 2 aromatic rings. The molecule has 2 rings (SSSR count). The summed E-state index contributed by atoms with van der Waals surface area (Å²) in [5, 5.41) is 0. The van der Waals surface area contributed by atoms with Gasteiger partial charge in [0, 0.05) is 12.1 Å².